The number of rotatable bonds is 6. The van der Waals surface area contributed by atoms with Gasteiger partial charge in [-0.1, -0.05) is 25.5 Å². The number of hydrogen-bond donors (Lipinski definition) is 2. The first-order valence-electron chi connectivity index (χ1n) is 6.18. The van der Waals surface area contributed by atoms with Crippen molar-refractivity contribution in [3.05, 3.63) is 47.8 Å². The van der Waals surface area contributed by atoms with E-state index in [1.807, 2.05) is 12.1 Å². The van der Waals surface area contributed by atoms with E-state index < -0.39 is 10.0 Å². The highest BCUT2D eigenvalue weighted by atomic mass is 32.2. The summed E-state index contributed by atoms with van der Waals surface area (Å²) < 4.78 is 26.7. The first kappa shape index (κ1) is 13.8. The maximum absolute atomic E-state index is 12.1. The van der Waals surface area contributed by atoms with Crippen LogP contribution in [0.25, 0.3) is 0 Å². The van der Waals surface area contributed by atoms with Gasteiger partial charge in [-0.25, -0.2) is 13.1 Å². The summed E-state index contributed by atoms with van der Waals surface area (Å²) in [7, 11) is -3.46. The van der Waals surface area contributed by atoms with Crippen LogP contribution in [-0.2, 0) is 23.0 Å². The number of nitrogens with zero attached hydrogens (tertiary/aromatic N) is 1. The largest absolute Gasteiger partial charge is 0.285 e. The molecule has 19 heavy (non-hydrogen) atoms. The Balaban J connectivity index is 2.06. The number of hydrogen-bond acceptors (Lipinski definition) is 3. The molecule has 0 radical (unpaired) electrons. The maximum Gasteiger partial charge on any atom is 0.240 e. The van der Waals surface area contributed by atoms with Gasteiger partial charge in [0.15, 0.2) is 0 Å². The highest BCUT2D eigenvalue weighted by Gasteiger charge is 2.13. The molecule has 2 N–H and O–H groups in total. The fourth-order valence-corrected chi connectivity index (χ4v) is 2.78. The van der Waals surface area contributed by atoms with Gasteiger partial charge in [0.25, 0.3) is 0 Å². The monoisotopic (exact) mass is 279 g/mol. The Morgan fingerprint density at radius 2 is 1.95 bits per heavy atom. The molecule has 0 atom stereocenters. The second kappa shape index (κ2) is 5.99. The van der Waals surface area contributed by atoms with Gasteiger partial charge in [0.2, 0.25) is 10.0 Å². The van der Waals surface area contributed by atoms with Crippen LogP contribution in [0.15, 0.2) is 41.6 Å². The van der Waals surface area contributed by atoms with E-state index >= 15 is 0 Å². The van der Waals surface area contributed by atoms with Gasteiger partial charge in [0.1, 0.15) is 0 Å². The third-order valence-electron chi connectivity index (χ3n) is 2.79. The average molecular weight is 279 g/mol. The Morgan fingerprint density at radius 3 is 2.53 bits per heavy atom. The van der Waals surface area contributed by atoms with Crippen LogP contribution >= 0.6 is 0 Å². The summed E-state index contributed by atoms with van der Waals surface area (Å²) in [5.41, 5.74) is 1.95. The minimum atomic E-state index is -3.46. The molecule has 0 fully saturated rings. The summed E-state index contributed by atoms with van der Waals surface area (Å²) in [5, 5.41) is 6.41. The van der Waals surface area contributed by atoms with Crippen molar-refractivity contribution in [1.29, 1.82) is 0 Å². The number of aromatic nitrogens is 2. The Hall–Kier alpha value is -1.66. The molecule has 0 aliphatic carbocycles. The minimum Gasteiger partial charge on any atom is -0.285 e. The van der Waals surface area contributed by atoms with Crippen LogP contribution in [0.1, 0.15) is 24.5 Å². The number of H-pyrrole nitrogens is 1. The third-order valence-corrected chi connectivity index (χ3v) is 4.21. The molecule has 5 nitrogen and oxygen atoms in total. The van der Waals surface area contributed by atoms with Crippen molar-refractivity contribution in [2.45, 2.75) is 31.2 Å². The van der Waals surface area contributed by atoms with Crippen molar-refractivity contribution in [3.63, 3.8) is 0 Å². The zero-order chi connectivity index (χ0) is 13.7. The number of sulfonamides is 1. The molecule has 0 spiro atoms. The van der Waals surface area contributed by atoms with Gasteiger partial charge in [-0.2, -0.15) is 5.10 Å². The highest BCUT2D eigenvalue weighted by molar-refractivity contribution is 7.89. The molecule has 1 heterocycles. The molecule has 102 valence electrons. The van der Waals surface area contributed by atoms with Gasteiger partial charge in [-0.3, -0.25) is 5.10 Å². The molecule has 2 rings (SSSR count). The van der Waals surface area contributed by atoms with E-state index in [-0.39, 0.29) is 11.4 Å². The number of aromatic amines is 1. The molecule has 0 aliphatic heterocycles. The van der Waals surface area contributed by atoms with E-state index in [2.05, 4.69) is 21.8 Å². The van der Waals surface area contributed by atoms with Crippen molar-refractivity contribution < 1.29 is 8.42 Å². The third kappa shape index (κ3) is 3.65. The van der Waals surface area contributed by atoms with E-state index in [1.165, 1.54) is 0 Å². The summed E-state index contributed by atoms with van der Waals surface area (Å²) in [6.07, 6.45) is 5.26. The van der Waals surface area contributed by atoms with Crippen LogP contribution < -0.4 is 4.72 Å². The van der Waals surface area contributed by atoms with Crippen LogP contribution in [0.2, 0.25) is 0 Å². The molecule has 0 bridgehead atoms. The molecular formula is C13H17N3O2S. The summed E-state index contributed by atoms with van der Waals surface area (Å²) in [6.45, 7) is 2.33. The lowest BCUT2D eigenvalue weighted by atomic mass is 10.1. The molecule has 2 aromatic rings. The van der Waals surface area contributed by atoms with Crippen molar-refractivity contribution >= 4 is 10.0 Å². The standard InChI is InChI=1S/C13H17N3O2S/c1-2-3-11-4-6-13(7-5-11)19(17,18)16-10-12-8-14-15-9-12/h4-9,16H,2-3,10H2,1H3,(H,14,15). The lowest BCUT2D eigenvalue weighted by Gasteiger charge is -2.06. The normalized spacial score (nSPS) is 11.6. The molecule has 0 saturated heterocycles. The summed E-state index contributed by atoms with van der Waals surface area (Å²) in [4.78, 5) is 0.288. The fraction of sp³-hybridized carbons (Fsp3) is 0.308. The van der Waals surface area contributed by atoms with Gasteiger partial charge < -0.3 is 0 Å². The Labute approximate surface area is 113 Å². The summed E-state index contributed by atoms with van der Waals surface area (Å²) >= 11 is 0. The fourth-order valence-electron chi connectivity index (χ4n) is 1.76. The Kier molecular flexibility index (Phi) is 4.34. The van der Waals surface area contributed by atoms with E-state index in [0.29, 0.717) is 0 Å². The van der Waals surface area contributed by atoms with E-state index in [4.69, 9.17) is 0 Å². The Morgan fingerprint density at radius 1 is 1.21 bits per heavy atom. The first-order valence-corrected chi connectivity index (χ1v) is 7.66. The molecule has 0 aliphatic rings. The van der Waals surface area contributed by atoms with E-state index in [9.17, 15) is 8.42 Å². The zero-order valence-electron chi connectivity index (χ0n) is 10.8. The molecular weight excluding hydrogens is 262 g/mol. The molecule has 1 aromatic carbocycles. The van der Waals surface area contributed by atoms with Crippen molar-refractivity contribution in [2.75, 3.05) is 0 Å². The van der Waals surface area contributed by atoms with Crippen LogP contribution in [0.4, 0.5) is 0 Å². The highest BCUT2D eigenvalue weighted by Crippen LogP contribution is 2.12. The lowest BCUT2D eigenvalue weighted by molar-refractivity contribution is 0.581. The smallest absolute Gasteiger partial charge is 0.240 e. The van der Waals surface area contributed by atoms with E-state index in [0.717, 1.165) is 24.0 Å². The zero-order valence-corrected chi connectivity index (χ0v) is 11.6. The van der Waals surface area contributed by atoms with Crippen LogP contribution in [0, 0.1) is 0 Å². The number of benzene rings is 1. The maximum atomic E-state index is 12.1. The second-order valence-electron chi connectivity index (χ2n) is 4.33. The average Bonchev–Trinajstić information content (AvgIpc) is 2.91. The Bertz CT molecular complexity index is 604. The quantitative estimate of drug-likeness (QED) is 0.847. The second-order valence-corrected chi connectivity index (χ2v) is 6.09. The van der Waals surface area contributed by atoms with Crippen LogP contribution in [-0.4, -0.2) is 18.6 Å². The topological polar surface area (TPSA) is 74.8 Å². The van der Waals surface area contributed by atoms with Crippen LogP contribution in [0.5, 0.6) is 0 Å². The van der Waals surface area contributed by atoms with Gasteiger partial charge in [-0.15, -0.1) is 0 Å². The van der Waals surface area contributed by atoms with Crippen molar-refractivity contribution in [1.82, 2.24) is 14.9 Å². The molecule has 6 heteroatoms. The van der Waals surface area contributed by atoms with Gasteiger partial charge in [0.05, 0.1) is 11.1 Å². The predicted molar refractivity (Wildman–Crippen MR) is 73.1 cm³/mol. The molecule has 0 amide bonds. The summed E-state index contributed by atoms with van der Waals surface area (Å²) in [6, 6.07) is 7.00. The molecule has 0 unspecified atom stereocenters. The minimum absolute atomic E-state index is 0.232. The van der Waals surface area contributed by atoms with E-state index in [1.54, 1.807) is 24.5 Å². The first-order chi connectivity index (χ1) is 9.12. The van der Waals surface area contributed by atoms with Gasteiger partial charge in [-0.05, 0) is 24.1 Å². The molecule has 1 aromatic heterocycles. The van der Waals surface area contributed by atoms with Gasteiger partial charge in [0, 0.05) is 18.3 Å². The predicted octanol–water partition coefficient (Wildman–Crippen LogP) is 1.84. The SMILES string of the molecule is CCCc1ccc(S(=O)(=O)NCc2cn[nH]c2)cc1. The molecule has 0 saturated carbocycles. The number of aryl methyl sites for hydroxylation is 1. The van der Waals surface area contributed by atoms with Crippen molar-refractivity contribution in [2.24, 2.45) is 0 Å². The van der Waals surface area contributed by atoms with Crippen molar-refractivity contribution in [3.8, 4) is 0 Å². The summed E-state index contributed by atoms with van der Waals surface area (Å²) in [5.74, 6) is 0. The van der Waals surface area contributed by atoms with Crippen LogP contribution in [0.3, 0.4) is 0 Å². The lowest BCUT2D eigenvalue weighted by Crippen LogP contribution is -2.23. The van der Waals surface area contributed by atoms with Gasteiger partial charge >= 0.3 is 0 Å². The number of nitrogens with one attached hydrogen (secondary N) is 2.